The lowest BCUT2D eigenvalue weighted by Gasteiger charge is -2.15. The van der Waals surface area contributed by atoms with Crippen molar-refractivity contribution in [2.45, 2.75) is 18.4 Å². The number of sulfonamides is 1. The molecule has 1 N–H and O–H groups in total. The number of halogens is 2. The molecule has 3 aromatic carbocycles. The summed E-state index contributed by atoms with van der Waals surface area (Å²) >= 11 is 3.18. The van der Waals surface area contributed by atoms with Crippen LogP contribution in [-0.4, -0.2) is 20.9 Å². The molecule has 0 spiro atoms. The maximum absolute atomic E-state index is 14.0. The van der Waals surface area contributed by atoms with E-state index < -0.39 is 15.8 Å². The number of benzene rings is 3. The molecule has 28 heavy (non-hydrogen) atoms. The highest BCUT2D eigenvalue weighted by atomic mass is 79.9. The maximum Gasteiger partial charge on any atom is 0.258 e. The van der Waals surface area contributed by atoms with Crippen molar-refractivity contribution >= 4 is 48.3 Å². The second kappa shape index (κ2) is 6.95. The van der Waals surface area contributed by atoms with Crippen LogP contribution in [0.15, 0.2) is 57.9 Å². The summed E-state index contributed by atoms with van der Waals surface area (Å²) in [5.41, 5.74) is 1.44. The fraction of sp³-hybridized carbons (Fsp3) is 0.150. The predicted molar refractivity (Wildman–Crippen MR) is 109 cm³/mol. The van der Waals surface area contributed by atoms with Crippen LogP contribution >= 0.6 is 15.9 Å². The lowest BCUT2D eigenvalue weighted by Crippen LogP contribution is -2.26. The van der Waals surface area contributed by atoms with Crippen LogP contribution in [0.2, 0.25) is 0 Å². The van der Waals surface area contributed by atoms with Crippen molar-refractivity contribution in [3.63, 3.8) is 0 Å². The Morgan fingerprint density at radius 3 is 2.64 bits per heavy atom. The average molecular weight is 463 g/mol. The lowest BCUT2D eigenvalue weighted by molar-refractivity contribution is 0.0994. The molecule has 144 valence electrons. The Labute approximate surface area is 170 Å². The minimum absolute atomic E-state index is 0.0661. The van der Waals surface area contributed by atoms with E-state index >= 15 is 0 Å². The molecule has 0 aliphatic carbocycles. The van der Waals surface area contributed by atoms with E-state index in [-0.39, 0.29) is 22.9 Å². The molecule has 0 radical (unpaired) electrons. The van der Waals surface area contributed by atoms with Crippen molar-refractivity contribution < 1.29 is 17.6 Å². The van der Waals surface area contributed by atoms with Crippen molar-refractivity contribution in [1.29, 1.82) is 0 Å². The number of rotatable bonds is 5. The lowest BCUT2D eigenvalue weighted by atomic mass is 10.1. The van der Waals surface area contributed by atoms with Crippen molar-refractivity contribution in [2.75, 3.05) is 11.4 Å². The largest absolute Gasteiger partial charge is 0.308 e. The molecule has 0 aromatic heterocycles. The topological polar surface area (TPSA) is 66.5 Å². The second-order valence-electron chi connectivity index (χ2n) is 6.42. The van der Waals surface area contributed by atoms with Crippen LogP contribution in [0.3, 0.4) is 0 Å². The normalized spacial score (nSPS) is 13.5. The van der Waals surface area contributed by atoms with Gasteiger partial charge < -0.3 is 4.90 Å². The third kappa shape index (κ3) is 3.01. The number of nitrogens with zero attached hydrogens (tertiary/aromatic N) is 1. The van der Waals surface area contributed by atoms with Gasteiger partial charge in [0.1, 0.15) is 5.82 Å². The van der Waals surface area contributed by atoms with Crippen molar-refractivity contribution in [3.8, 4) is 0 Å². The summed E-state index contributed by atoms with van der Waals surface area (Å²) in [6.07, 6.45) is 0. The molecular formula is C20H16BrFN2O3S. The van der Waals surface area contributed by atoms with Crippen molar-refractivity contribution in [3.05, 3.63) is 69.9 Å². The zero-order valence-electron chi connectivity index (χ0n) is 14.9. The van der Waals surface area contributed by atoms with Crippen LogP contribution in [0.1, 0.15) is 22.8 Å². The molecule has 3 aromatic rings. The Hall–Kier alpha value is -2.29. The Balaban J connectivity index is 1.75. The van der Waals surface area contributed by atoms with Crippen molar-refractivity contribution in [2.24, 2.45) is 0 Å². The molecule has 0 saturated heterocycles. The molecular weight excluding hydrogens is 447 g/mol. The summed E-state index contributed by atoms with van der Waals surface area (Å²) in [7, 11) is -3.92. The van der Waals surface area contributed by atoms with E-state index in [4.69, 9.17) is 0 Å². The molecule has 1 heterocycles. The summed E-state index contributed by atoms with van der Waals surface area (Å²) in [6.45, 7) is 2.19. The van der Waals surface area contributed by atoms with Gasteiger partial charge in [-0.25, -0.2) is 17.5 Å². The van der Waals surface area contributed by atoms with E-state index in [1.54, 1.807) is 35.2 Å². The highest BCUT2D eigenvalue weighted by Gasteiger charge is 2.31. The zero-order chi connectivity index (χ0) is 20.1. The molecule has 0 fully saturated rings. The quantitative estimate of drug-likeness (QED) is 0.617. The minimum atomic E-state index is -3.92. The molecule has 1 aliphatic heterocycles. The number of hydrogen-bond donors (Lipinski definition) is 1. The molecule has 5 nitrogen and oxygen atoms in total. The monoisotopic (exact) mass is 462 g/mol. The molecule has 8 heteroatoms. The fourth-order valence-corrected chi connectivity index (χ4v) is 5.02. The SMILES string of the molecule is CCN1C(=O)c2cccc3c(S(=O)(=O)NCc4ccc(Br)cc4F)ccc1c23. The summed E-state index contributed by atoms with van der Waals surface area (Å²) in [5, 5.41) is 1.11. The molecule has 0 unspecified atom stereocenters. The van der Waals surface area contributed by atoms with Gasteiger partial charge in [-0.05, 0) is 37.3 Å². The Bertz CT molecular complexity index is 1230. The molecule has 0 atom stereocenters. The van der Waals surface area contributed by atoms with Gasteiger partial charge in [-0.2, -0.15) is 0 Å². The van der Waals surface area contributed by atoms with E-state index in [9.17, 15) is 17.6 Å². The third-order valence-corrected chi connectivity index (χ3v) is 6.77. The van der Waals surface area contributed by atoms with E-state index in [1.807, 2.05) is 6.92 Å². The van der Waals surface area contributed by atoms with Gasteiger partial charge in [0.25, 0.3) is 5.91 Å². The fourth-order valence-electron chi connectivity index (χ4n) is 3.48. The first-order valence-corrected chi connectivity index (χ1v) is 10.9. The number of carbonyl (C=O) groups excluding carboxylic acids is 1. The number of amides is 1. The number of hydrogen-bond acceptors (Lipinski definition) is 3. The standard InChI is InChI=1S/C20H16BrFN2O3S/c1-2-24-17-8-9-18(14-4-3-5-15(19(14)17)20(24)25)28(26,27)23-11-12-6-7-13(21)10-16(12)22/h3-10,23H,2,11H2,1H3. The van der Waals surface area contributed by atoms with Gasteiger partial charge in [0.15, 0.2) is 0 Å². The van der Waals surface area contributed by atoms with E-state index in [0.717, 1.165) is 0 Å². The molecule has 1 aliphatic rings. The average Bonchev–Trinajstić information content (AvgIpc) is 2.94. The second-order valence-corrected chi connectivity index (χ2v) is 9.07. The zero-order valence-corrected chi connectivity index (χ0v) is 17.3. The summed E-state index contributed by atoms with van der Waals surface area (Å²) in [5.74, 6) is -0.635. The predicted octanol–water partition coefficient (Wildman–Crippen LogP) is 4.20. The Kier molecular flexibility index (Phi) is 4.73. The van der Waals surface area contributed by atoms with Crippen LogP contribution in [-0.2, 0) is 16.6 Å². The molecule has 1 amide bonds. The molecule has 0 bridgehead atoms. The van der Waals surface area contributed by atoms with E-state index in [0.29, 0.717) is 33.0 Å². The van der Waals surface area contributed by atoms with Crippen LogP contribution in [0.25, 0.3) is 10.8 Å². The highest BCUT2D eigenvalue weighted by molar-refractivity contribution is 9.10. The first kappa shape index (κ1) is 19.0. The van der Waals surface area contributed by atoms with Crippen LogP contribution in [0.5, 0.6) is 0 Å². The minimum Gasteiger partial charge on any atom is -0.308 e. The maximum atomic E-state index is 14.0. The molecule has 0 saturated carbocycles. The first-order valence-electron chi connectivity index (χ1n) is 8.64. The number of carbonyl (C=O) groups is 1. The van der Waals surface area contributed by atoms with Gasteiger partial charge in [0, 0.05) is 39.5 Å². The van der Waals surface area contributed by atoms with Crippen LogP contribution in [0, 0.1) is 5.82 Å². The van der Waals surface area contributed by atoms with Crippen LogP contribution in [0.4, 0.5) is 10.1 Å². The van der Waals surface area contributed by atoms with Gasteiger partial charge in [0.05, 0.1) is 10.6 Å². The highest BCUT2D eigenvalue weighted by Crippen LogP contribution is 2.39. The summed E-state index contributed by atoms with van der Waals surface area (Å²) in [4.78, 5) is 14.3. The smallest absolute Gasteiger partial charge is 0.258 e. The molecule has 4 rings (SSSR count). The Morgan fingerprint density at radius 1 is 1.14 bits per heavy atom. The summed E-state index contributed by atoms with van der Waals surface area (Å²) < 4.78 is 42.9. The van der Waals surface area contributed by atoms with Gasteiger partial charge in [-0.1, -0.05) is 34.1 Å². The summed E-state index contributed by atoms with van der Waals surface area (Å²) in [6, 6.07) is 12.6. The Morgan fingerprint density at radius 2 is 1.93 bits per heavy atom. The van der Waals surface area contributed by atoms with Crippen LogP contribution < -0.4 is 9.62 Å². The van der Waals surface area contributed by atoms with E-state index in [2.05, 4.69) is 20.7 Å². The van der Waals surface area contributed by atoms with Gasteiger partial charge in [0.2, 0.25) is 10.0 Å². The van der Waals surface area contributed by atoms with Gasteiger partial charge in [-0.15, -0.1) is 0 Å². The third-order valence-electron chi connectivity index (χ3n) is 4.82. The number of nitrogens with one attached hydrogen (secondary N) is 1. The van der Waals surface area contributed by atoms with E-state index in [1.165, 1.54) is 18.2 Å². The first-order chi connectivity index (χ1) is 13.3. The van der Waals surface area contributed by atoms with Crippen molar-refractivity contribution in [1.82, 2.24) is 4.72 Å². The van der Waals surface area contributed by atoms with Gasteiger partial charge in [-0.3, -0.25) is 4.79 Å². The number of anilines is 1. The van der Waals surface area contributed by atoms with Gasteiger partial charge >= 0.3 is 0 Å².